The molecule has 0 heterocycles. The van der Waals surface area contributed by atoms with Gasteiger partial charge in [0.2, 0.25) is 0 Å². The smallest absolute Gasteiger partial charge is 0.338 e. The third-order valence-electron chi connectivity index (χ3n) is 4.21. The van der Waals surface area contributed by atoms with Gasteiger partial charge in [-0.15, -0.1) is 0 Å². The predicted molar refractivity (Wildman–Crippen MR) is 126 cm³/mol. The molecule has 2 aromatic carbocycles. The number of benzene rings is 2. The average Bonchev–Trinajstić information content (AvgIpc) is 2.75. The van der Waals surface area contributed by atoms with Crippen molar-refractivity contribution in [2.24, 2.45) is 0 Å². The molecule has 2 rings (SSSR count). The summed E-state index contributed by atoms with van der Waals surface area (Å²) in [6.45, 7) is 20.0. The van der Waals surface area contributed by atoms with Gasteiger partial charge in [0.1, 0.15) is 11.5 Å². The molecule has 34 heavy (non-hydrogen) atoms. The zero-order valence-electron chi connectivity index (χ0n) is 19.4. The molecule has 176 valence electrons. The molecule has 0 bridgehead atoms. The minimum Gasteiger partial charge on any atom is -0.423 e. The monoisotopic (exact) mass is 464 g/mol. The first-order chi connectivity index (χ1) is 15.8. The average molecular weight is 464 g/mol. The van der Waals surface area contributed by atoms with E-state index in [9.17, 15) is 19.2 Å². The van der Waals surface area contributed by atoms with Crippen molar-refractivity contribution in [3.05, 3.63) is 72.9 Å². The maximum absolute atomic E-state index is 12.2. The highest BCUT2D eigenvalue weighted by atomic mass is 16.6. The number of carbonyl (C=O) groups is 4. The molecule has 8 nitrogen and oxygen atoms in total. The molecule has 0 N–H and O–H groups in total. The Labute approximate surface area is 196 Å². The molecule has 0 saturated heterocycles. The zero-order valence-corrected chi connectivity index (χ0v) is 19.4. The lowest BCUT2D eigenvalue weighted by molar-refractivity contribution is -0.132. The lowest BCUT2D eigenvalue weighted by Crippen LogP contribution is -2.13. The second kappa shape index (κ2) is 10.4. The van der Waals surface area contributed by atoms with Crippen molar-refractivity contribution in [1.29, 1.82) is 0 Å². The Balaban J connectivity index is 2.82. The Morgan fingerprint density at radius 3 is 0.971 bits per heavy atom. The molecule has 2 aromatic rings. The molecule has 0 aliphatic heterocycles. The normalized spacial score (nSPS) is 10.1. The van der Waals surface area contributed by atoms with E-state index in [-0.39, 0.29) is 56.1 Å². The maximum atomic E-state index is 12.2. The summed E-state index contributed by atoms with van der Waals surface area (Å²) in [5.74, 6) is -3.17. The molecule has 0 saturated carbocycles. The number of ether oxygens (including phenoxy) is 4. The quantitative estimate of drug-likeness (QED) is 0.313. The van der Waals surface area contributed by atoms with Crippen LogP contribution in [0.4, 0.5) is 0 Å². The highest BCUT2D eigenvalue weighted by molar-refractivity contribution is 6.02. The Bertz CT molecular complexity index is 1180. The van der Waals surface area contributed by atoms with Crippen LogP contribution in [0, 0.1) is 0 Å². The van der Waals surface area contributed by atoms with Gasteiger partial charge in [0.15, 0.2) is 11.5 Å². The molecule has 0 fully saturated rings. The number of rotatable bonds is 8. The van der Waals surface area contributed by atoms with Gasteiger partial charge >= 0.3 is 23.9 Å². The minimum absolute atomic E-state index is 0.0588. The van der Waals surface area contributed by atoms with E-state index in [1.165, 1.54) is 52.0 Å². The fourth-order valence-corrected chi connectivity index (χ4v) is 2.38. The first kappa shape index (κ1) is 25.8. The van der Waals surface area contributed by atoms with Crippen LogP contribution in [0.1, 0.15) is 27.7 Å². The topological polar surface area (TPSA) is 105 Å². The van der Waals surface area contributed by atoms with E-state index in [2.05, 4.69) is 26.3 Å². The largest absolute Gasteiger partial charge is 0.423 e. The van der Waals surface area contributed by atoms with Crippen molar-refractivity contribution >= 4 is 34.6 Å². The Hall–Kier alpha value is -4.46. The highest BCUT2D eigenvalue weighted by Gasteiger charge is 2.21. The Morgan fingerprint density at radius 1 is 0.500 bits per heavy atom. The van der Waals surface area contributed by atoms with Gasteiger partial charge in [0, 0.05) is 33.1 Å². The van der Waals surface area contributed by atoms with Crippen LogP contribution in [0.25, 0.3) is 10.8 Å². The lowest BCUT2D eigenvalue weighted by Gasteiger charge is -2.16. The van der Waals surface area contributed by atoms with Crippen LogP contribution in [0.15, 0.2) is 72.9 Å². The van der Waals surface area contributed by atoms with Gasteiger partial charge in [-0.25, -0.2) is 19.2 Å². The van der Waals surface area contributed by atoms with Crippen LogP contribution >= 0.6 is 0 Å². The van der Waals surface area contributed by atoms with E-state index < -0.39 is 23.9 Å². The summed E-state index contributed by atoms with van der Waals surface area (Å²) >= 11 is 0. The third-order valence-corrected chi connectivity index (χ3v) is 4.21. The number of hydrogen-bond acceptors (Lipinski definition) is 8. The first-order valence-corrected chi connectivity index (χ1v) is 9.93. The zero-order chi connectivity index (χ0) is 25.7. The molecule has 0 aromatic heterocycles. The summed E-state index contributed by atoms with van der Waals surface area (Å²) < 4.78 is 21.4. The summed E-state index contributed by atoms with van der Waals surface area (Å²) in [7, 11) is 0. The van der Waals surface area contributed by atoms with Crippen molar-refractivity contribution < 1.29 is 38.1 Å². The van der Waals surface area contributed by atoms with Gasteiger partial charge in [0.25, 0.3) is 0 Å². The maximum Gasteiger partial charge on any atom is 0.338 e. The molecule has 0 spiro atoms. The second-order valence-corrected chi connectivity index (χ2v) is 7.59. The lowest BCUT2D eigenvalue weighted by atomic mass is 10.1. The van der Waals surface area contributed by atoms with E-state index in [4.69, 9.17) is 18.9 Å². The molecule has 0 aliphatic carbocycles. The SMILES string of the molecule is C=C(C)C(=O)Oc1cc2c(OC(=O)C(=C)C)ccc(OC(=O)C(=C)C)c2cc1OC(=O)C(=C)C. The molecule has 0 unspecified atom stereocenters. The minimum atomic E-state index is -0.780. The number of hydrogen-bond donors (Lipinski definition) is 0. The van der Waals surface area contributed by atoms with Gasteiger partial charge < -0.3 is 18.9 Å². The molecule has 0 amide bonds. The van der Waals surface area contributed by atoms with Gasteiger partial charge in [-0.2, -0.15) is 0 Å². The Morgan fingerprint density at radius 2 is 0.735 bits per heavy atom. The summed E-state index contributed by atoms with van der Waals surface area (Å²) in [4.78, 5) is 48.7. The van der Waals surface area contributed by atoms with Crippen LogP contribution in [0.5, 0.6) is 23.0 Å². The van der Waals surface area contributed by atoms with Crippen molar-refractivity contribution in [2.75, 3.05) is 0 Å². The van der Waals surface area contributed by atoms with Crippen molar-refractivity contribution in [1.82, 2.24) is 0 Å². The molecule has 0 aliphatic rings. The van der Waals surface area contributed by atoms with Gasteiger partial charge in [-0.1, -0.05) is 26.3 Å². The van der Waals surface area contributed by atoms with Crippen molar-refractivity contribution in [2.45, 2.75) is 27.7 Å². The summed E-state index contributed by atoms with van der Waals surface area (Å²) in [5.41, 5.74) is 0.476. The van der Waals surface area contributed by atoms with Crippen molar-refractivity contribution in [3.8, 4) is 23.0 Å². The van der Waals surface area contributed by atoms with Crippen LogP contribution in [0.2, 0.25) is 0 Å². The molecule has 8 heteroatoms. The number of fused-ring (bicyclic) bond motifs is 1. The van der Waals surface area contributed by atoms with Crippen molar-refractivity contribution in [3.63, 3.8) is 0 Å². The third kappa shape index (κ3) is 6.07. The van der Waals surface area contributed by atoms with E-state index in [1.54, 1.807) is 0 Å². The standard InChI is InChI=1S/C26H24O8/c1-13(2)23(27)31-19-9-10-20(32-24(28)14(3)4)18-12-22(34-26(30)16(7)8)21(11-17(18)19)33-25(29)15(5)6/h9-12H,1,3,5,7H2,2,4,6,8H3. The first-order valence-electron chi connectivity index (χ1n) is 9.93. The van der Waals surface area contributed by atoms with E-state index in [1.807, 2.05) is 0 Å². The van der Waals surface area contributed by atoms with Gasteiger partial charge in [0.05, 0.1) is 0 Å². The highest BCUT2D eigenvalue weighted by Crippen LogP contribution is 2.42. The Kier molecular flexibility index (Phi) is 7.92. The van der Waals surface area contributed by atoms with Gasteiger partial charge in [-0.05, 0) is 52.0 Å². The summed E-state index contributed by atoms with van der Waals surface area (Å²) in [6, 6.07) is 5.43. The molecule has 0 atom stereocenters. The summed E-state index contributed by atoms with van der Waals surface area (Å²) in [5, 5.41) is 0.447. The molecular formula is C26H24O8. The fourth-order valence-electron chi connectivity index (χ4n) is 2.38. The summed E-state index contributed by atoms with van der Waals surface area (Å²) in [6.07, 6.45) is 0. The predicted octanol–water partition coefficient (Wildman–Crippen LogP) is 4.77. The van der Waals surface area contributed by atoms with E-state index >= 15 is 0 Å². The van der Waals surface area contributed by atoms with E-state index in [0.717, 1.165) is 0 Å². The van der Waals surface area contributed by atoms with Gasteiger partial charge in [-0.3, -0.25) is 0 Å². The second-order valence-electron chi connectivity index (χ2n) is 7.59. The van der Waals surface area contributed by atoms with Crippen LogP contribution < -0.4 is 18.9 Å². The number of esters is 4. The van der Waals surface area contributed by atoms with E-state index in [0.29, 0.717) is 0 Å². The van der Waals surface area contributed by atoms with Crippen LogP contribution in [-0.2, 0) is 19.2 Å². The molecular weight excluding hydrogens is 440 g/mol. The number of carbonyl (C=O) groups excluding carboxylic acids is 4. The van der Waals surface area contributed by atoms with Crippen LogP contribution in [-0.4, -0.2) is 23.9 Å². The fraction of sp³-hybridized carbons (Fsp3) is 0.154. The van der Waals surface area contributed by atoms with Crippen LogP contribution in [0.3, 0.4) is 0 Å². The molecule has 0 radical (unpaired) electrons.